The standard InChI is InChI=1S/C9H8N2O5S2/c12-3-4-17-9-7-2-1-6(11(13)14)5-8(7)18(15,16)10-9/h1-2,5,12H,3-4H2. The number of hydrogen-bond acceptors (Lipinski definition) is 6. The van der Waals surface area contributed by atoms with E-state index in [-0.39, 0.29) is 22.2 Å². The number of thioether (sulfide) groups is 1. The van der Waals surface area contributed by atoms with E-state index in [1.54, 1.807) is 0 Å². The summed E-state index contributed by atoms with van der Waals surface area (Å²) in [5.41, 5.74) is 0.0555. The fourth-order valence-corrected chi connectivity index (χ4v) is 3.78. The maximum Gasteiger partial charge on any atom is 0.284 e. The Morgan fingerprint density at radius 1 is 1.44 bits per heavy atom. The summed E-state index contributed by atoms with van der Waals surface area (Å²) in [6, 6.07) is 3.59. The lowest BCUT2D eigenvalue weighted by Crippen LogP contribution is -1.98. The van der Waals surface area contributed by atoms with Crippen LogP contribution < -0.4 is 0 Å². The van der Waals surface area contributed by atoms with Crippen LogP contribution in [-0.4, -0.2) is 35.9 Å². The third-order valence-corrected chi connectivity index (χ3v) is 4.62. The Labute approximate surface area is 107 Å². The fraction of sp³-hybridized carbons (Fsp3) is 0.222. The molecule has 2 rings (SSSR count). The highest BCUT2D eigenvalue weighted by Crippen LogP contribution is 2.33. The minimum absolute atomic E-state index is 0.105. The van der Waals surface area contributed by atoms with Crippen LogP contribution in [0.15, 0.2) is 27.5 Å². The summed E-state index contributed by atoms with van der Waals surface area (Å²) in [7, 11) is -3.86. The largest absolute Gasteiger partial charge is 0.396 e. The van der Waals surface area contributed by atoms with E-state index < -0.39 is 14.9 Å². The Hall–Kier alpha value is -1.45. The molecule has 0 bridgehead atoms. The van der Waals surface area contributed by atoms with Gasteiger partial charge in [-0.2, -0.15) is 12.8 Å². The van der Waals surface area contributed by atoms with Crippen molar-refractivity contribution in [2.45, 2.75) is 4.90 Å². The number of nitro groups is 1. The smallest absolute Gasteiger partial charge is 0.284 e. The van der Waals surface area contributed by atoms with Gasteiger partial charge in [0.2, 0.25) is 0 Å². The van der Waals surface area contributed by atoms with Crippen LogP contribution >= 0.6 is 11.8 Å². The minimum atomic E-state index is -3.86. The maximum atomic E-state index is 11.7. The van der Waals surface area contributed by atoms with E-state index in [9.17, 15) is 18.5 Å². The average molecular weight is 288 g/mol. The van der Waals surface area contributed by atoms with Crippen molar-refractivity contribution >= 4 is 32.5 Å². The molecule has 1 heterocycles. The van der Waals surface area contributed by atoms with E-state index in [1.165, 1.54) is 12.1 Å². The third kappa shape index (κ3) is 2.24. The number of benzene rings is 1. The molecule has 1 N–H and O–H groups in total. The first-order valence-corrected chi connectivity index (χ1v) is 7.26. The molecular formula is C9H8N2O5S2. The highest BCUT2D eigenvalue weighted by atomic mass is 32.2. The van der Waals surface area contributed by atoms with Crippen LogP contribution in [-0.2, 0) is 10.0 Å². The van der Waals surface area contributed by atoms with Crippen LogP contribution in [0.2, 0.25) is 0 Å². The normalized spacial score (nSPS) is 16.2. The van der Waals surface area contributed by atoms with E-state index in [0.29, 0.717) is 11.3 Å². The van der Waals surface area contributed by atoms with E-state index in [0.717, 1.165) is 17.8 Å². The molecular weight excluding hydrogens is 280 g/mol. The van der Waals surface area contributed by atoms with Crippen LogP contribution in [0, 0.1) is 10.1 Å². The summed E-state index contributed by atoms with van der Waals surface area (Å²) in [6.45, 7) is -0.105. The van der Waals surface area contributed by atoms with Crippen molar-refractivity contribution in [3.8, 4) is 0 Å². The van der Waals surface area contributed by atoms with Gasteiger partial charge in [-0.25, -0.2) is 0 Å². The molecule has 0 saturated heterocycles. The monoisotopic (exact) mass is 288 g/mol. The predicted molar refractivity (Wildman–Crippen MR) is 66.4 cm³/mol. The molecule has 0 saturated carbocycles. The molecule has 0 amide bonds. The molecule has 1 aromatic rings. The highest BCUT2D eigenvalue weighted by molar-refractivity contribution is 8.15. The molecule has 0 fully saturated rings. The zero-order chi connectivity index (χ0) is 13.3. The molecule has 0 atom stereocenters. The average Bonchev–Trinajstić information content (AvgIpc) is 2.58. The molecule has 9 heteroatoms. The molecule has 1 aromatic carbocycles. The lowest BCUT2D eigenvalue weighted by atomic mass is 10.2. The SMILES string of the molecule is O=[N+]([O-])c1ccc2c(c1)S(=O)(=O)N=C2SCCO. The number of sulfonamides is 1. The van der Waals surface area contributed by atoms with E-state index in [4.69, 9.17) is 5.11 Å². The molecule has 96 valence electrons. The highest BCUT2D eigenvalue weighted by Gasteiger charge is 2.30. The number of aliphatic hydroxyl groups excluding tert-OH is 1. The van der Waals surface area contributed by atoms with Gasteiger partial charge in [0.15, 0.2) is 0 Å². The predicted octanol–water partition coefficient (Wildman–Crippen LogP) is 0.769. The first-order chi connectivity index (χ1) is 8.45. The Bertz CT molecular complexity index is 638. The lowest BCUT2D eigenvalue weighted by molar-refractivity contribution is -0.385. The lowest BCUT2D eigenvalue weighted by Gasteiger charge is -2.00. The van der Waals surface area contributed by atoms with Gasteiger partial charge in [0.25, 0.3) is 15.7 Å². The summed E-state index contributed by atoms with van der Waals surface area (Å²) >= 11 is 1.09. The van der Waals surface area contributed by atoms with Gasteiger partial charge in [-0.05, 0) is 6.07 Å². The number of hydrogen-bond donors (Lipinski definition) is 1. The number of aliphatic hydroxyl groups is 1. The second kappa shape index (κ2) is 4.67. The van der Waals surface area contributed by atoms with Crippen molar-refractivity contribution in [3.05, 3.63) is 33.9 Å². The Morgan fingerprint density at radius 3 is 2.78 bits per heavy atom. The summed E-state index contributed by atoms with van der Waals surface area (Å²) in [4.78, 5) is 9.79. The third-order valence-electron chi connectivity index (χ3n) is 2.22. The van der Waals surface area contributed by atoms with Crippen molar-refractivity contribution < 1.29 is 18.4 Å². The second-order valence-electron chi connectivity index (χ2n) is 3.38. The van der Waals surface area contributed by atoms with Crippen LogP contribution in [0.4, 0.5) is 5.69 Å². The number of non-ortho nitro benzene ring substituents is 1. The summed E-state index contributed by atoms with van der Waals surface area (Å²) in [5, 5.41) is 19.6. The molecule has 0 aliphatic carbocycles. The number of nitro benzene ring substituents is 1. The molecule has 0 radical (unpaired) electrons. The quantitative estimate of drug-likeness (QED) is 0.649. The molecule has 1 aliphatic rings. The van der Waals surface area contributed by atoms with Crippen LogP contribution in [0.5, 0.6) is 0 Å². The van der Waals surface area contributed by atoms with Crippen molar-refractivity contribution in [1.82, 2.24) is 0 Å². The van der Waals surface area contributed by atoms with Gasteiger partial charge < -0.3 is 5.11 Å². The van der Waals surface area contributed by atoms with E-state index in [1.807, 2.05) is 0 Å². The molecule has 18 heavy (non-hydrogen) atoms. The zero-order valence-corrected chi connectivity index (χ0v) is 10.6. The van der Waals surface area contributed by atoms with E-state index >= 15 is 0 Å². The van der Waals surface area contributed by atoms with Gasteiger partial charge in [-0.15, -0.1) is 11.8 Å². The summed E-state index contributed by atoms with van der Waals surface area (Å²) < 4.78 is 27.0. The first-order valence-electron chi connectivity index (χ1n) is 4.83. The zero-order valence-electron chi connectivity index (χ0n) is 8.94. The first kappa shape index (κ1) is 13.0. The molecule has 0 unspecified atom stereocenters. The topological polar surface area (TPSA) is 110 Å². The number of rotatable bonds is 3. The van der Waals surface area contributed by atoms with E-state index in [2.05, 4.69) is 4.40 Å². The van der Waals surface area contributed by atoms with Crippen LogP contribution in [0.3, 0.4) is 0 Å². The maximum absolute atomic E-state index is 11.7. The van der Waals surface area contributed by atoms with Gasteiger partial charge >= 0.3 is 0 Å². The minimum Gasteiger partial charge on any atom is -0.396 e. The van der Waals surface area contributed by atoms with Crippen molar-refractivity contribution in [2.24, 2.45) is 4.40 Å². The Kier molecular flexibility index (Phi) is 3.37. The van der Waals surface area contributed by atoms with Crippen molar-refractivity contribution in [1.29, 1.82) is 0 Å². The van der Waals surface area contributed by atoms with Crippen molar-refractivity contribution in [2.75, 3.05) is 12.4 Å². The van der Waals surface area contributed by atoms with Gasteiger partial charge in [0.1, 0.15) is 9.94 Å². The van der Waals surface area contributed by atoms with Crippen molar-refractivity contribution in [3.63, 3.8) is 0 Å². The molecule has 1 aliphatic heterocycles. The summed E-state index contributed by atoms with van der Waals surface area (Å²) in [5.74, 6) is 0.310. The molecule has 0 spiro atoms. The van der Waals surface area contributed by atoms with Gasteiger partial charge in [0.05, 0.1) is 11.5 Å². The van der Waals surface area contributed by atoms with Crippen LogP contribution in [0.1, 0.15) is 5.56 Å². The fourth-order valence-electron chi connectivity index (χ4n) is 1.47. The molecule has 7 nitrogen and oxygen atoms in total. The van der Waals surface area contributed by atoms with Gasteiger partial charge in [-0.3, -0.25) is 10.1 Å². The number of nitrogens with zero attached hydrogens (tertiary/aromatic N) is 2. The summed E-state index contributed by atoms with van der Waals surface area (Å²) in [6.07, 6.45) is 0. The van der Waals surface area contributed by atoms with Gasteiger partial charge in [-0.1, -0.05) is 0 Å². The number of fused-ring (bicyclic) bond motifs is 1. The second-order valence-corrected chi connectivity index (χ2v) is 6.04. The van der Waals surface area contributed by atoms with Crippen LogP contribution in [0.25, 0.3) is 0 Å². The Balaban J connectivity index is 2.49. The van der Waals surface area contributed by atoms with Gasteiger partial charge in [0, 0.05) is 23.4 Å². The molecule has 0 aromatic heterocycles. The Morgan fingerprint density at radius 2 is 2.17 bits per heavy atom.